The number of rotatable bonds is 40. The first-order valence-electron chi connectivity index (χ1n) is 22.0. The zero-order valence-electron chi connectivity index (χ0n) is 35.7. The summed E-state index contributed by atoms with van der Waals surface area (Å²) < 4.78 is 33.9. The van der Waals surface area contributed by atoms with Crippen LogP contribution in [-0.2, 0) is 32.7 Å². The van der Waals surface area contributed by atoms with Crippen LogP contribution in [0.4, 0.5) is 0 Å². The average Bonchev–Trinajstić information content (AvgIpc) is 3.12. The maximum Gasteiger partial charge on any atom is 0.306 e. The first-order chi connectivity index (χ1) is 26.0. The van der Waals surface area contributed by atoms with Gasteiger partial charge in [-0.25, -0.2) is 0 Å². The zero-order valence-corrected chi connectivity index (χ0v) is 36.6. The van der Waals surface area contributed by atoms with E-state index in [-0.39, 0.29) is 26.1 Å². The van der Waals surface area contributed by atoms with E-state index in [2.05, 4.69) is 38.2 Å². The molecule has 2 unspecified atom stereocenters. The molecule has 0 heterocycles. The van der Waals surface area contributed by atoms with Crippen molar-refractivity contribution in [1.29, 1.82) is 0 Å². The third-order valence-corrected chi connectivity index (χ3v) is 10.4. The van der Waals surface area contributed by atoms with Gasteiger partial charge in [-0.3, -0.25) is 14.2 Å². The number of hydrogen-bond acceptors (Lipinski definition) is 8. The van der Waals surface area contributed by atoms with E-state index in [4.69, 9.17) is 18.5 Å². The quantitative estimate of drug-likeness (QED) is 0.0198. The summed E-state index contributed by atoms with van der Waals surface area (Å²) in [6, 6.07) is 0. The van der Waals surface area contributed by atoms with Crippen LogP contribution in [0.1, 0.15) is 194 Å². The molecule has 0 aliphatic heterocycles. The van der Waals surface area contributed by atoms with Crippen LogP contribution in [0.15, 0.2) is 24.3 Å². The smallest absolute Gasteiger partial charge is 0.306 e. The van der Waals surface area contributed by atoms with Crippen LogP contribution in [0.5, 0.6) is 0 Å². The van der Waals surface area contributed by atoms with Crippen LogP contribution in [0.25, 0.3) is 0 Å². The van der Waals surface area contributed by atoms with Gasteiger partial charge in [-0.05, 0) is 44.9 Å². The number of carbonyl (C=O) groups excluding carboxylic acids is 2. The highest BCUT2D eigenvalue weighted by molar-refractivity contribution is 7.45. The molecule has 0 fully saturated rings. The minimum Gasteiger partial charge on any atom is -0.756 e. The third kappa shape index (κ3) is 40.2. The number of phosphoric acid groups is 1. The molecule has 9 nitrogen and oxygen atoms in total. The molecule has 0 aromatic heterocycles. The van der Waals surface area contributed by atoms with Gasteiger partial charge in [0.15, 0.2) is 6.10 Å². The summed E-state index contributed by atoms with van der Waals surface area (Å²) in [6.07, 6.45) is 39.1. The lowest BCUT2D eigenvalue weighted by molar-refractivity contribution is -0.870. The van der Waals surface area contributed by atoms with E-state index >= 15 is 0 Å². The topological polar surface area (TPSA) is 111 Å². The highest BCUT2D eigenvalue weighted by Gasteiger charge is 2.21. The highest BCUT2D eigenvalue weighted by Crippen LogP contribution is 2.38. The Labute approximate surface area is 332 Å². The Kier molecular flexibility index (Phi) is 36.1. The standard InChI is InChI=1S/C44H84NO8P/c1-6-8-10-12-14-16-18-20-22-24-26-28-30-32-34-36-43(46)50-40-42(41-52-54(48,49)51-39-38-45(3,4)5)53-44(47)37-35-33-31-29-27-25-23-21-19-17-15-13-11-9-7-2/h14,16,20,22,42H,6-13,15,17-19,21,23-41H2,1-5H3/b16-14+,22-20+. The van der Waals surface area contributed by atoms with Crippen LogP contribution in [-0.4, -0.2) is 70.0 Å². The van der Waals surface area contributed by atoms with Crippen molar-refractivity contribution < 1.29 is 42.1 Å². The molecule has 0 aromatic carbocycles. The van der Waals surface area contributed by atoms with Crippen LogP contribution >= 0.6 is 7.82 Å². The molecule has 0 saturated carbocycles. The van der Waals surface area contributed by atoms with Crippen molar-refractivity contribution in [2.24, 2.45) is 0 Å². The largest absolute Gasteiger partial charge is 0.756 e. The number of esters is 2. The van der Waals surface area contributed by atoms with Gasteiger partial charge >= 0.3 is 11.9 Å². The second-order valence-electron chi connectivity index (χ2n) is 16.1. The van der Waals surface area contributed by atoms with E-state index in [0.29, 0.717) is 23.9 Å². The maximum absolute atomic E-state index is 12.7. The molecular formula is C44H84NO8P. The number of quaternary nitrogens is 1. The Morgan fingerprint density at radius 2 is 1.00 bits per heavy atom. The normalized spacial score (nSPS) is 13.8. The van der Waals surface area contributed by atoms with E-state index < -0.39 is 32.5 Å². The van der Waals surface area contributed by atoms with Crippen LogP contribution < -0.4 is 4.89 Å². The predicted molar refractivity (Wildman–Crippen MR) is 222 cm³/mol. The van der Waals surface area contributed by atoms with Gasteiger partial charge in [0, 0.05) is 12.8 Å². The minimum absolute atomic E-state index is 0.0313. The van der Waals surface area contributed by atoms with E-state index in [1.165, 1.54) is 103 Å². The molecule has 0 aromatic rings. The van der Waals surface area contributed by atoms with Crippen molar-refractivity contribution in [3.05, 3.63) is 24.3 Å². The predicted octanol–water partition coefficient (Wildman–Crippen LogP) is 11.7. The molecule has 0 spiro atoms. The van der Waals surface area contributed by atoms with Crippen LogP contribution in [0, 0.1) is 0 Å². The molecule has 2 atom stereocenters. The molecule has 318 valence electrons. The molecular weight excluding hydrogens is 701 g/mol. The van der Waals surface area contributed by atoms with Crippen LogP contribution in [0.2, 0.25) is 0 Å². The number of allylic oxidation sites excluding steroid dienone is 4. The first kappa shape index (κ1) is 52.5. The van der Waals surface area contributed by atoms with Gasteiger partial charge in [-0.1, -0.05) is 160 Å². The first-order valence-corrected chi connectivity index (χ1v) is 23.5. The summed E-state index contributed by atoms with van der Waals surface area (Å²) in [5, 5.41) is 0. The second-order valence-corrected chi connectivity index (χ2v) is 17.5. The summed E-state index contributed by atoms with van der Waals surface area (Å²) in [4.78, 5) is 37.5. The van der Waals surface area contributed by atoms with Gasteiger partial charge in [0.2, 0.25) is 0 Å². The fourth-order valence-corrected chi connectivity index (χ4v) is 6.71. The molecule has 0 aliphatic carbocycles. The molecule has 10 heteroatoms. The Morgan fingerprint density at radius 3 is 1.50 bits per heavy atom. The number of likely N-dealkylation sites (N-methyl/N-ethyl adjacent to an activating group) is 1. The van der Waals surface area contributed by atoms with Crippen molar-refractivity contribution in [1.82, 2.24) is 0 Å². The maximum atomic E-state index is 12.7. The van der Waals surface area contributed by atoms with E-state index in [0.717, 1.165) is 51.4 Å². The number of ether oxygens (including phenoxy) is 2. The van der Waals surface area contributed by atoms with Crippen molar-refractivity contribution in [3.63, 3.8) is 0 Å². The second kappa shape index (κ2) is 37.1. The average molecular weight is 786 g/mol. The summed E-state index contributed by atoms with van der Waals surface area (Å²) in [7, 11) is 1.16. The molecule has 0 amide bonds. The Balaban J connectivity index is 4.37. The van der Waals surface area contributed by atoms with Gasteiger partial charge in [-0.2, -0.15) is 0 Å². The molecule has 0 saturated heterocycles. The molecule has 0 bridgehead atoms. The lowest BCUT2D eigenvalue weighted by Gasteiger charge is -2.28. The molecule has 0 N–H and O–H groups in total. The number of carbonyl (C=O) groups is 2. The van der Waals surface area contributed by atoms with Gasteiger partial charge < -0.3 is 27.9 Å². The van der Waals surface area contributed by atoms with E-state index in [1.807, 2.05) is 21.1 Å². The number of phosphoric ester groups is 1. The summed E-state index contributed by atoms with van der Waals surface area (Å²) in [5.41, 5.74) is 0. The molecule has 54 heavy (non-hydrogen) atoms. The summed E-state index contributed by atoms with van der Waals surface area (Å²) in [6.45, 7) is 4.20. The third-order valence-electron chi connectivity index (χ3n) is 9.47. The molecule has 0 aliphatic rings. The number of hydrogen-bond donors (Lipinski definition) is 0. The van der Waals surface area contributed by atoms with E-state index in [9.17, 15) is 19.0 Å². The summed E-state index contributed by atoms with van der Waals surface area (Å²) >= 11 is 0. The molecule has 0 rings (SSSR count). The van der Waals surface area contributed by atoms with Crippen molar-refractivity contribution in [2.75, 3.05) is 47.5 Å². The lowest BCUT2D eigenvalue weighted by Crippen LogP contribution is -2.37. The van der Waals surface area contributed by atoms with Crippen molar-refractivity contribution >= 4 is 19.8 Å². The Bertz CT molecular complexity index is 980. The van der Waals surface area contributed by atoms with Crippen LogP contribution in [0.3, 0.4) is 0 Å². The highest BCUT2D eigenvalue weighted by atomic mass is 31.2. The van der Waals surface area contributed by atoms with Gasteiger partial charge in [-0.15, -0.1) is 0 Å². The fraction of sp³-hybridized carbons (Fsp3) is 0.864. The van der Waals surface area contributed by atoms with Gasteiger partial charge in [0.1, 0.15) is 19.8 Å². The zero-order chi connectivity index (χ0) is 40.0. The number of nitrogens with zero attached hydrogens (tertiary/aromatic N) is 1. The van der Waals surface area contributed by atoms with Crippen molar-refractivity contribution in [3.8, 4) is 0 Å². The monoisotopic (exact) mass is 786 g/mol. The lowest BCUT2D eigenvalue weighted by atomic mass is 10.0. The number of unbranched alkanes of at least 4 members (excludes halogenated alkanes) is 22. The Morgan fingerprint density at radius 1 is 0.574 bits per heavy atom. The SMILES string of the molecule is CCCCC/C=C/C/C=C/CCCCCCCC(=O)OCC(COP(=O)([O-])OCC[N+](C)(C)C)OC(=O)CCCCCCCCCCCCCCCCC. The van der Waals surface area contributed by atoms with E-state index in [1.54, 1.807) is 0 Å². The molecule has 0 radical (unpaired) electrons. The van der Waals surface area contributed by atoms with Gasteiger partial charge in [0.25, 0.3) is 7.82 Å². The minimum atomic E-state index is -4.62. The van der Waals surface area contributed by atoms with Gasteiger partial charge in [0.05, 0.1) is 27.7 Å². The Hall–Kier alpha value is -1.51. The fourth-order valence-electron chi connectivity index (χ4n) is 5.98. The summed E-state index contributed by atoms with van der Waals surface area (Å²) in [5.74, 6) is -0.844. The van der Waals surface area contributed by atoms with Crippen molar-refractivity contribution in [2.45, 2.75) is 200 Å².